The molecular weight excluding hydrogens is 529 g/mol. The highest BCUT2D eigenvalue weighted by molar-refractivity contribution is 8.03. The monoisotopic (exact) mass is 545 g/mol. The average molecular weight is 546 g/mol. The summed E-state index contributed by atoms with van der Waals surface area (Å²) in [5.74, 6) is 0.166. The van der Waals surface area contributed by atoms with Crippen LogP contribution < -0.4 is 5.32 Å². The fourth-order valence-corrected chi connectivity index (χ4v) is 6.77. The van der Waals surface area contributed by atoms with Gasteiger partial charge in [-0.2, -0.15) is 5.21 Å². The predicted octanol–water partition coefficient (Wildman–Crippen LogP) is 5.02. The number of H-pyrrole nitrogens is 1. The maximum atomic E-state index is 13.1. The summed E-state index contributed by atoms with van der Waals surface area (Å²) in [6.07, 6.45) is 0.893. The van der Waals surface area contributed by atoms with Gasteiger partial charge in [-0.05, 0) is 47.2 Å². The number of nitrogens with zero attached hydrogens (tertiary/aromatic N) is 3. The Morgan fingerprint density at radius 2 is 1.80 bits per heavy atom. The van der Waals surface area contributed by atoms with Gasteiger partial charge in [0.15, 0.2) is 16.1 Å². The molecule has 0 aliphatic carbocycles. The van der Waals surface area contributed by atoms with Crippen LogP contribution in [0, 0.1) is 0 Å². The number of aromatic nitrogens is 4. The van der Waals surface area contributed by atoms with Crippen LogP contribution in [0.25, 0.3) is 17.5 Å². The lowest BCUT2D eigenvalue weighted by atomic mass is 10.1. The van der Waals surface area contributed by atoms with E-state index in [2.05, 4.69) is 25.9 Å². The number of aromatic amines is 1. The minimum absolute atomic E-state index is 0.141. The Bertz CT molecular complexity index is 1510. The number of hydrogen-bond donors (Lipinski definition) is 3. The van der Waals surface area contributed by atoms with Crippen LogP contribution in [-0.2, 0) is 15.6 Å². The van der Waals surface area contributed by atoms with Crippen LogP contribution in [0.3, 0.4) is 0 Å². The fraction of sp³-hybridized carbons (Fsp3) is 0.0870. The van der Waals surface area contributed by atoms with Crippen molar-refractivity contribution in [1.82, 2.24) is 20.6 Å². The highest BCUT2D eigenvalue weighted by Crippen LogP contribution is 2.42. The van der Waals surface area contributed by atoms with E-state index in [0.29, 0.717) is 36.9 Å². The first-order valence-corrected chi connectivity index (χ1v) is 13.5. The number of fused-ring (bicyclic) bond motifs is 1. The lowest BCUT2D eigenvalue weighted by molar-refractivity contribution is 0.248. The zero-order chi connectivity index (χ0) is 24.6. The molecule has 35 heavy (non-hydrogen) atoms. The molecule has 1 aliphatic heterocycles. The van der Waals surface area contributed by atoms with E-state index in [1.165, 1.54) is 17.8 Å². The van der Waals surface area contributed by atoms with Crippen molar-refractivity contribution < 1.29 is 13.5 Å². The van der Waals surface area contributed by atoms with E-state index < -0.39 is 16.1 Å². The third kappa shape index (κ3) is 5.07. The Balaban J connectivity index is 1.41. The van der Waals surface area contributed by atoms with Crippen molar-refractivity contribution in [1.29, 1.82) is 0 Å². The quantitative estimate of drug-likeness (QED) is 0.319. The first-order valence-electron chi connectivity index (χ1n) is 10.3. The van der Waals surface area contributed by atoms with Gasteiger partial charge in [0.25, 0.3) is 0 Å². The van der Waals surface area contributed by atoms with Gasteiger partial charge in [0.2, 0.25) is 5.82 Å². The molecule has 0 radical (unpaired) electrons. The SMILES string of the molecule is O=S(=O)(Cc1c(Cl)cccc1Cl)c1ccc2c(c1)S/C(=C\c1ccc(-c3nn[nH]n3)cc1)C(O)N2. The number of thioether (sulfide) groups is 1. The molecule has 3 N–H and O–H groups in total. The molecule has 0 amide bonds. The highest BCUT2D eigenvalue weighted by atomic mass is 35.5. The van der Waals surface area contributed by atoms with E-state index in [0.717, 1.165) is 11.1 Å². The Kier molecular flexibility index (Phi) is 6.56. The fourth-order valence-electron chi connectivity index (χ4n) is 3.53. The molecule has 5 rings (SSSR count). The summed E-state index contributed by atoms with van der Waals surface area (Å²) in [5, 5.41) is 28.1. The van der Waals surface area contributed by atoms with E-state index in [-0.39, 0.29) is 10.6 Å². The summed E-state index contributed by atoms with van der Waals surface area (Å²) in [5.41, 5.74) is 2.65. The van der Waals surface area contributed by atoms with Crippen molar-refractivity contribution in [2.45, 2.75) is 21.8 Å². The molecule has 0 saturated carbocycles. The summed E-state index contributed by atoms with van der Waals surface area (Å²) in [6, 6.07) is 17.1. The van der Waals surface area contributed by atoms with Gasteiger partial charge in [0, 0.05) is 31.0 Å². The van der Waals surface area contributed by atoms with E-state index in [4.69, 9.17) is 23.2 Å². The number of benzene rings is 3. The summed E-state index contributed by atoms with van der Waals surface area (Å²) >= 11 is 13.7. The largest absolute Gasteiger partial charge is 0.369 e. The predicted molar refractivity (Wildman–Crippen MR) is 137 cm³/mol. The van der Waals surface area contributed by atoms with Crippen LogP contribution >= 0.6 is 35.0 Å². The van der Waals surface area contributed by atoms with Gasteiger partial charge in [0.05, 0.1) is 16.3 Å². The maximum absolute atomic E-state index is 13.1. The topological polar surface area (TPSA) is 121 Å². The molecular formula is C23H17Cl2N5O3S2. The summed E-state index contributed by atoms with van der Waals surface area (Å²) in [6.45, 7) is 0. The highest BCUT2D eigenvalue weighted by Gasteiger charge is 2.25. The smallest absolute Gasteiger partial charge is 0.204 e. The van der Waals surface area contributed by atoms with Gasteiger partial charge in [0.1, 0.15) is 0 Å². The number of halogens is 2. The van der Waals surface area contributed by atoms with Gasteiger partial charge in [-0.1, -0.05) is 65.3 Å². The van der Waals surface area contributed by atoms with Crippen molar-refractivity contribution in [3.8, 4) is 11.4 Å². The summed E-state index contributed by atoms with van der Waals surface area (Å²) < 4.78 is 26.3. The second kappa shape index (κ2) is 9.63. The number of nitrogens with one attached hydrogen (secondary N) is 2. The van der Waals surface area contributed by atoms with Gasteiger partial charge >= 0.3 is 0 Å². The standard InChI is InChI=1S/C23H17Cl2N5O3S2/c24-17-2-1-3-18(25)16(17)12-35(32,33)15-8-9-19-20(11-15)34-21(23(31)26-19)10-13-4-6-14(7-5-13)22-27-29-30-28-22/h1-11,23,26,31H,12H2,(H,27,28,29,30)/b21-10-. The first kappa shape index (κ1) is 23.8. The number of anilines is 1. The molecule has 12 heteroatoms. The number of hydrogen-bond acceptors (Lipinski definition) is 8. The van der Waals surface area contributed by atoms with E-state index >= 15 is 0 Å². The Morgan fingerprint density at radius 1 is 1.06 bits per heavy atom. The Hall–Kier alpha value is -2.89. The van der Waals surface area contributed by atoms with Crippen LogP contribution in [0.1, 0.15) is 11.1 Å². The number of tetrazole rings is 1. The van der Waals surface area contributed by atoms with E-state index in [1.807, 2.05) is 30.3 Å². The third-order valence-corrected chi connectivity index (χ3v) is 8.80. The molecule has 1 aromatic heterocycles. The average Bonchev–Trinajstić information content (AvgIpc) is 3.37. The molecule has 3 aromatic carbocycles. The second-order valence-corrected chi connectivity index (χ2v) is 11.6. The van der Waals surface area contributed by atoms with Crippen LogP contribution in [0.15, 0.2) is 75.4 Å². The molecule has 1 unspecified atom stereocenters. The number of rotatable bonds is 5. The molecule has 1 atom stereocenters. The van der Waals surface area contributed by atoms with Crippen molar-refractivity contribution in [2.75, 3.05) is 5.32 Å². The molecule has 2 heterocycles. The molecule has 0 bridgehead atoms. The number of sulfone groups is 1. The molecule has 0 saturated heterocycles. The number of aliphatic hydroxyl groups is 1. The van der Waals surface area contributed by atoms with Crippen molar-refractivity contribution in [3.05, 3.63) is 86.7 Å². The van der Waals surface area contributed by atoms with E-state index in [9.17, 15) is 13.5 Å². The maximum Gasteiger partial charge on any atom is 0.204 e. The zero-order valence-corrected chi connectivity index (χ0v) is 21.0. The second-order valence-electron chi connectivity index (χ2n) is 7.67. The molecule has 0 spiro atoms. The Labute approximate surface area is 215 Å². The lowest BCUT2D eigenvalue weighted by Gasteiger charge is -2.26. The van der Waals surface area contributed by atoms with Crippen molar-refractivity contribution >= 4 is 56.6 Å². The van der Waals surface area contributed by atoms with Gasteiger partial charge < -0.3 is 10.4 Å². The lowest BCUT2D eigenvalue weighted by Crippen LogP contribution is -2.23. The molecule has 4 aromatic rings. The Morgan fingerprint density at radius 3 is 2.49 bits per heavy atom. The zero-order valence-electron chi connectivity index (χ0n) is 17.8. The first-order chi connectivity index (χ1) is 16.8. The minimum atomic E-state index is -3.72. The van der Waals surface area contributed by atoms with Gasteiger partial charge in [-0.3, -0.25) is 0 Å². The van der Waals surface area contributed by atoms with Crippen molar-refractivity contribution in [3.63, 3.8) is 0 Å². The molecule has 178 valence electrons. The molecule has 0 fully saturated rings. The summed E-state index contributed by atoms with van der Waals surface area (Å²) in [7, 11) is -3.72. The van der Waals surface area contributed by atoms with Crippen molar-refractivity contribution in [2.24, 2.45) is 0 Å². The molecule has 1 aliphatic rings. The van der Waals surface area contributed by atoms with Crippen LogP contribution in [-0.4, -0.2) is 40.4 Å². The van der Waals surface area contributed by atoms with Gasteiger partial charge in [-0.25, -0.2) is 8.42 Å². The summed E-state index contributed by atoms with van der Waals surface area (Å²) in [4.78, 5) is 1.44. The van der Waals surface area contributed by atoms with Crippen LogP contribution in [0.5, 0.6) is 0 Å². The normalized spacial score (nSPS) is 16.7. The molecule has 8 nitrogen and oxygen atoms in total. The van der Waals surface area contributed by atoms with E-state index in [1.54, 1.807) is 30.3 Å². The van der Waals surface area contributed by atoms with Gasteiger partial charge in [-0.15, -0.1) is 10.2 Å². The van der Waals surface area contributed by atoms with Crippen LogP contribution in [0.2, 0.25) is 10.0 Å². The number of aliphatic hydroxyl groups excluding tert-OH is 1. The van der Waals surface area contributed by atoms with Crippen LogP contribution in [0.4, 0.5) is 5.69 Å². The third-order valence-electron chi connectivity index (χ3n) is 5.32. The minimum Gasteiger partial charge on any atom is -0.369 e.